The summed E-state index contributed by atoms with van der Waals surface area (Å²) in [6.07, 6.45) is 2.22. The zero-order valence-corrected chi connectivity index (χ0v) is 14.4. The highest BCUT2D eigenvalue weighted by atomic mass is 16.2. The minimum absolute atomic E-state index is 0.0744. The molecular weight excluding hydrogens is 312 g/mol. The Kier molecular flexibility index (Phi) is 4.04. The molecule has 2 aromatic carbocycles. The number of hydrogen-bond donors (Lipinski definition) is 1. The third-order valence-electron chi connectivity index (χ3n) is 5.30. The summed E-state index contributed by atoms with van der Waals surface area (Å²) in [5, 5.41) is 2.87. The van der Waals surface area contributed by atoms with Crippen molar-refractivity contribution < 1.29 is 9.59 Å². The molecule has 1 saturated heterocycles. The van der Waals surface area contributed by atoms with E-state index >= 15 is 0 Å². The van der Waals surface area contributed by atoms with Crippen LogP contribution in [-0.2, 0) is 9.59 Å². The minimum Gasteiger partial charge on any atom is -0.335 e. The highest BCUT2D eigenvalue weighted by Crippen LogP contribution is 2.38. The van der Waals surface area contributed by atoms with E-state index in [1.165, 1.54) is 11.1 Å². The molecule has 0 radical (unpaired) electrons. The van der Waals surface area contributed by atoms with Crippen LogP contribution in [0.2, 0.25) is 0 Å². The maximum Gasteiger partial charge on any atom is 0.231 e. The molecule has 2 aliphatic rings. The number of hydrogen-bond acceptors (Lipinski definition) is 2. The first-order chi connectivity index (χ1) is 12.1. The number of para-hydroxylation sites is 1. The largest absolute Gasteiger partial charge is 0.335 e. The first kappa shape index (κ1) is 15.9. The summed E-state index contributed by atoms with van der Waals surface area (Å²) in [5.74, 6) is -0.385. The molecule has 0 unspecified atom stereocenters. The second kappa shape index (κ2) is 6.36. The summed E-state index contributed by atoms with van der Waals surface area (Å²) in [6.45, 7) is 2.83. The molecule has 2 aliphatic heterocycles. The summed E-state index contributed by atoms with van der Waals surface area (Å²) < 4.78 is 0. The number of fused-ring (bicyclic) bond motifs is 1. The van der Waals surface area contributed by atoms with E-state index in [0.29, 0.717) is 0 Å². The van der Waals surface area contributed by atoms with E-state index in [2.05, 4.69) is 36.5 Å². The number of nitrogens with zero attached hydrogens (tertiary/aromatic N) is 1. The van der Waals surface area contributed by atoms with Crippen molar-refractivity contribution in [2.45, 2.75) is 38.1 Å². The Balaban J connectivity index is 1.64. The molecule has 2 atom stereocenters. The van der Waals surface area contributed by atoms with Crippen LogP contribution in [0.1, 0.15) is 47.9 Å². The van der Waals surface area contributed by atoms with Gasteiger partial charge in [-0.2, -0.15) is 0 Å². The Bertz CT molecular complexity index is 813. The molecule has 2 amide bonds. The van der Waals surface area contributed by atoms with Gasteiger partial charge in [-0.05, 0) is 37.0 Å². The highest BCUT2D eigenvalue weighted by molar-refractivity contribution is 6.01. The van der Waals surface area contributed by atoms with Gasteiger partial charge in [0.25, 0.3) is 0 Å². The number of carbonyl (C=O) groups excluding carboxylic acids is 2. The molecular formula is C21H22N2O2. The number of aryl methyl sites for hydroxylation is 1. The number of nitrogens with one attached hydrogen (secondary N) is 1. The fourth-order valence-electron chi connectivity index (χ4n) is 4.00. The van der Waals surface area contributed by atoms with Gasteiger partial charge >= 0.3 is 0 Å². The van der Waals surface area contributed by atoms with E-state index in [4.69, 9.17) is 0 Å². The smallest absolute Gasteiger partial charge is 0.231 e. The molecule has 0 aromatic heterocycles. The maximum atomic E-state index is 13.3. The van der Waals surface area contributed by atoms with Gasteiger partial charge in [0, 0.05) is 18.7 Å². The van der Waals surface area contributed by atoms with Crippen LogP contribution in [0.4, 0.5) is 5.69 Å². The number of amides is 2. The van der Waals surface area contributed by atoms with Gasteiger partial charge in [0.2, 0.25) is 11.8 Å². The highest BCUT2D eigenvalue weighted by Gasteiger charge is 2.38. The Morgan fingerprint density at radius 1 is 1.12 bits per heavy atom. The molecule has 25 heavy (non-hydrogen) atoms. The molecule has 128 valence electrons. The maximum absolute atomic E-state index is 13.3. The van der Waals surface area contributed by atoms with Crippen molar-refractivity contribution in [2.75, 3.05) is 11.9 Å². The molecule has 0 aliphatic carbocycles. The van der Waals surface area contributed by atoms with E-state index in [9.17, 15) is 9.59 Å². The predicted octanol–water partition coefficient (Wildman–Crippen LogP) is 3.78. The Morgan fingerprint density at radius 3 is 2.68 bits per heavy atom. The molecule has 0 saturated carbocycles. The van der Waals surface area contributed by atoms with Crippen molar-refractivity contribution >= 4 is 17.5 Å². The number of rotatable bonds is 2. The molecule has 4 rings (SSSR count). The van der Waals surface area contributed by atoms with Crippen molar-refractivity contribution in [3.63, 3.8) is 0 Å². The fourth-order valence-corrected chi connectivity index (χ4v) is 4.00. The summed E-state index contributed by atoms with van der Waals surface area (Å²) in [6, 6.07) is 16.2. The minimum atomic E-state index is -0.379. The molecule has 1 N–H and O–H groups in total. The predicted molar refractivity (Wildman–Crippen MR) is 97.3 cm³/mol. The number of carbonyl (C=O) groups is 2. The van der Waals surface area contributed by atoms with E-state index in [1.807, 2.05) is 29.2 Å². The lowest BCUT2D eigenvalue weighted by atomic mass is 9.89. The summed E-state index contributed by atoms with van der Waals surface area (Å²) >= 11 is 0. The van der Waals surface area contributed by atoms with Crippen molar-refractivity contribution in [1.82, 2.24) is 4.90 Å². The van der Waals surface area contributed by atoms with Crippen LogP contribution in [0.15, 0.2) is 48.5 Å². The van der Waals surface area contributed by atoms with Crippen LogP contribution in [-0.4, -0.2) is 23.3 Å². The topological polar surface area (TPSA) is 49.4 Å². The Morgan fingerprint density at radius 2 is 1.88 bits per heavy atom. The second-order valence-corrected chi connectivity index (χ2v) is 6.99. The molecule has 0 bridgehead atoms. The quantitative estimate of drug-likeness (QED) is 0.908. The van der Waals surface area contributed by atoms with Crippen molar-refractivity contribution in [3.8, 4) is 0 Å². The third-order valence-corrected chi connectivity index (χ3v) is 5.30. The van der Waals surface area contributed by atoms with Crippen LogP contribution < -0.4 is 5.32 Å². The van der Waals surface area contributed by atoms with Crippen molar-refractivity contribution in [2.24, 2.45) is 0 Å². The number of benzene rings is 2. The van der Waals surface area contributed by atoms with Crippen LogP contribution in [0.5, 0.6) is 0 Å². The zero-order valence-electron chi connectivity index (χ0n) is 14.4. The Hall–Kier alpha value is -2.62. The van der Waals surface area contributed by atoms with Crippen molar-refractivity contribution in [3.05, 3.63) is 65.2 Å². The second-order valence-electron chi connectivity index (χ2n) is 6.99. The first-order valence-electron chi connectivity index (χ1n) is 8.89. The van der Waals surface area contributed by atoms with Crippen LogP contribution in [0, 0.1) is 6.92 Å². The molecule has 4 heteroatoms. The van der Waals surface area contributed by atoms with E-state index < -0.39 is 0 Å². The lowest BCUT2D eigenvalue weighted by Gasteiger charge is -2.32. The van der Waals surface area contributed by atoms with E-state index in [0.717, 1.165) is 30.6 Å². The van der Waals surface area contributed by atoms with Gasteiger partial charge in [0.05, 0.1) is 12.0 Å². The van der Waals surface area contributed by atoms with Gasteiger partial charge in [-0.25, -0.2) is 0 Å². The number of anilines is 1. The van der Waals surface area contributed by atoms with Crippen molar-refractivity contribution in [1.29, 1.82) is 0 Å². The molecule has 4 nitrogen and oxygen atoms in total. The van der Waals surface area contributed by atoms with E-state index in [-0.39, 0.29) is 30.2 Å². The zero-order chi connectivity index (χ0) is 17.4. The van der Waals surface area contributed by atoms with Gasteiger partial charge < -0.3 is 10.2 Å². The van der Waals surface area contributed by atoms with Crippen LogP contribution in [0.25, 0.3) is 0 Å². The normalized spacial score (nSPS) is 22.4. The SMILES string of the molecule is Cc1ccc([C@@H]2CCCN2C(=O)[C@@H]2CC(=O)Nc3ccccc32)cc1. The van der Waals surface area contributed by atoms with Crippen LogP contribution >= 0.6 is 0 Å². The average molecular weight is 334 g/mol. The third kappa shape index (κ3) is 2.93. The molecule has 2 aromatic rings. The molecule has 0 spiro atoms. The summed E-state index contributed by atoms with van der Waals surface area (Å²) in [4.78, 5) is 27.3. The average Bonchev–Trinajstić information content (AvgIpc) is 3.10. The monoisotopic (exact) mass is 334 g/mol. The number of likely N-dealkylation sites (tertiary alicyclic amines) is 1. The summed E-state index contributed by atoms with van der Waals surface area (Å²) in [5.41, 5.74) is 4.10. The van der Waals surface area contributed by atoms with Gasteiger partial charge in [0.15, 0.2) is 0 Å². The standard InChI is InChI=1S/C21H22N2O2/c1-14-8-10-15(11-9-14)19-7-4-12-23(19)21(25)17-13-20(24)22-18-6-3-2-5-16(17)18/h2-3,5-6,8-11,17,19H,4,7,12-13H2,1H3,(H,22,24)/t17-,19+/m1/s1. The van der Waals surface area contributed by atoms with Gasteiger partial charge in [0.1, 0.15) is 0 Å². The summed E-state index contributed by atoms with van der Waals surface area (Å²) in [7, 11) is 0. The molecule has 1 fully saturated rings. The Labute approximate surface area is 147 Å². The van der Waals surface area contributed by atoms with Crippen LogP contribution in [0.3, 0.4) is 0 Å². The van der Waals surface area contributed by atoms with Gasteiger partial charge in [-0.1, -0.05) is 48.0 Å². The first-order valence-corrected chi connectivity index (χ1v) is 8.89. The van der Waals surface area contributed by atoms with E-state index in [1.54, 1.807) is 0 Å². The lowest BCUT2D eigenvalue weighted by molar-refractivity contribution is -0.135. The lowest BCUT2D eigenvalue weighted by Crippen LogP contribution is -2.38. The fraction of sp³-hybridized carbons (Fsp3) is 0.333. The van der Waals surface area contributed by atoms with Gasteiger partial charge in [-0.3, -0.25) is 9.59 Å². The van der Waals surface area contributed by atoms with Gasteiger partial charge in [-0.15, -0.1) is 0 Å². The molecule has 2 heterocycles.